The van der Waals surface area contributed by atoms with Gasteiger partial charge in [0.2, 0.25) is 5.91 Å². The molecule has 116 valence electrons. The summed E-state index contributed by atoms with van der Waals surface area (Å²) in [6.07, 6.45) is 5.95. The van der Waals surface area contributed by atoms with Crippen LogP contribution < -0.4 is 10.6 Å². The van der Waals surface area contributed by atoms with Crippen LogP contribution in [0.4, 0.5) is 0 Å². The van der Waals surface area contributed by atoms with E-state index in [4.69, 9.17) is 23.2 Å². The second-order valence-corrected chi connectivity index (χ2v) is 6.36. The maximum absolute atomic E-state index is 11.8. The van der Waals surface area contributed by atoms with Gasteiger partial charge in [-0.3, -0.25) is 4.79 Å². The summed E-state index contributed by atoms with van der Waals surface area (Å²) in [6, 6.07) is 5.96. The Kier molecular flexibility index (Phi) is 6.81. The van der Waals surface area contributed by atoms with Gasteiger partial charge in [0, 0.05) is 29.1 Å². The van der Waals surface area contributed by atoms with Crippen LogP contribution in [0.1, 0.15) is 37.7 Å². The van der Waals surface area contributed by atoms with Gasteiger partial charge in [-0.1, -0.05) is 35.7 Å². The fourth-order valence-corrected chi connectivity index (χ4v) is 3.13. The van der Waals surface area contributed by atoms with Gasteiger partial charge in [-0.2, -0.15) is 0 Å². The number of rotatable bonds is 6. The van der Waals surface area contributed by atoms with Crippen LogP contribution in [0, 0.1) is 0 Å². The molecular weight excluding hydrogens is 307 g/mol. The first-order valence-corrected chi connectivity index (χ1v) is 8.35. The van der Waals surface area contributed by atoms with Crippen LogP contribution >= 0.6 is 23.2 Å². The van der Waals surface area contributed by atoms with E-state index in [1.165, 1.54) is 19.3 Å². The maximum atomic E-state index is 11.8. The van der Waals surface area contributed by atoms with E-state index in [1.54, 1.807) is 6.07 Å². The van der Waals surface area contributed by atoms with Crippen molar-refractivity contribution in [3.05, 3.63) is 33.8 Å². The van der Waals surface area contributed by atoms with Gasteiger partial charge in [0.15, 0.2) is 0 Å². The molecule has 1 fully saturated rings. The number of hydrogen-bond acceptors (Lipinski definition) is 2. The molecule has 1 aromatic carbocycles. The number of carbonyl (C=O) groups excluding carboxylic acids is 1. The molecule has 1 aromatic rings. The van der Waals surface area contributed by atoms with Gasteiger partial charge in [0.1, 0.15) is 0 Å². The van der Waals surface area contributed by atoms with E-state index < -0.39 is 0 Å². The third-order valence-electron chi connectivity index (χ3n) is 3.86. The molecule has 1 amide bonds. The summed E-state index contributed by atoms with van der Waals surface area (Å²) in [5.74, 6) is 0.118. The third-order valence-corrected chi connectivity index (χ3v) is 4.45. The van der Waals surface area contributed by atoms with Crippen molar-refractivity contribution < 1.29 is 4.79 Å². The molecule has 2 rings (SSSR count). The van der Waals surface area contributed by atoms with Crippen molar-refractivity contribution in [1.29, 1.82) is 0 Å². The predicted octanol–water partition coefficient (Wildman–Crippen LogP) is 3.57. The Balaban J connectivity index is 1.64. The average Bonchev–Trinajstić information content (AvgIpc) is 2.48. The van der Waals surface area contributed by atoms with Gasteiger partial charge in [0.05, 0.1) is 0 Å². The molecular formula is C16H22Cl2N2O. The van der Waals surface area contributed by atoms with Crippen LogP contribution in [0.3, 0.4) is 0 Å². The van der Waals surface area contributed by atoms with E-state index in [0.717, 1.165) is 24.9 Å². The Morgan fingerprint density at radius 3 is 2.90 bits per heavy atom. The molecule has 1 unspecified atom stereocenters. The monoisotopic (exact) mass is 328 g/mol. The third kappa shape index (κ3) is 5.85. The van der Waals surface area contributed by atoms with Crippen LogP contribution in [-0.2, 0) is 11.2 Å². The van der Waals surface area contributed by atoms with Crippen molar-refractivity contribution in [2.75, 3.05) is 13.1 Å². The summed E-state index contributed by atoms with van der Waals surface area (Å²) < 4.78 is 0. The highest BCUT2D eigenvalue weighted by molar-refractivity contribution is 6.35. The number of halogens is 2. The van der Waals surface area contributed by atoms with Crippen LogP contribution in [0.2, 0.25) is 10.0 Å². The quantitative estimate of drug-likeness (QED) is 0.838. The van der Waals surface area contributed by atoms with Crippen LogP contribution in [0.15, 0.2) is 18.2 Å². The Hall–Kier alpha value is -0.770. The van der Waals surface area contributed by atoms with Crippen molar-refractivity contribution >= 4 is 29.1 Å². The minimum absolute atomic E-state index is 0.118. The van der Waals surface area contributed by atoms with Crippen LogP contribution in [0.25, 0.3) is 0 Å². The Labute approximate surface area is 136 Å². The molecule has 3 nitrogen and oxygen atoms in total. The van der Waals surface area contributed by atoms with Gasteiger partial charge < -0.3 is 10.6 Å². The predicted molar refractivity (Wildman–Crippen MR) is 88.1 cm³/mol. The number of hydrogen-bond donors (Lipinski definition) is 2. The lowest BCUT2D eigenvalue weighted by molar-refractivity contribution is -0.121. The van der Waals surface area contributed by atoms with E-state index >= 15 is 0 Å². The van der Waals surface area contributed by atoms with E-state index in [-0.39, 0.29) is 5.91 Å². The zero-order chi connectivity index (χ0) is 15.1. The second-order valence-electron chi connectivity index (χ2n) is 5.52. The SMILES string of the molecule is O=C(CCC1CCCCN1)NCCc1ccc(Cl)cc1Cl. The Morgan fingerprint density at radius 2 is 2.19 bits per heavy atom. The minimum Gasteiger partial charge on any atom is -0.356 e. The molecule has 1 aliphatic heterocycles. The van der Waals surface area contributed by atoms with E-state index in [0.29, 0.717) is 29.1 Å². The van der Waals surface area contributed by atoms with Gasteiger partial charge in [-0.05, 0) is 49.9 Å². The fourth-order valence-electron chi connectivity index (χ4n) is 2.63. The second kappa shape index (κ2) is 8.62. The van der Waals surface area contributed by atoms with Gasteiger partial charge >= 0.3 is 0 Å². The minimum atomic E-state index is 0.118. The number of benzene rings is 1. The number of nitrogens with one attached hydrogen (secondary N) is 2. The molecule has 0 aliphatic carbocycles. The highest BCUT2D eigenvalue weighted by Gasteiger charge is 2.13. The molecule has 5 heteroatoms. The fraction of sp³-hybridized carbons (Fsp3) is 0.562. The smallest absolute Gasteiger partial charge is 0.220 e. The van der Waals surface area contributed by atoms with Gasteiger partial charge in [-0.15, -0.1) is 0 Å². The van der Waals surface area contributed by atoms with Crippen molar-refractivity contribution in [3.8, 4) is 0 Å². The summed E-state index contributed by atoms with van der Waals surface area (Å²) in [6.45, 7) is 1.69. The van der Waals surface area contributed by atoms with Gasteiger partial charge in [-0.25, -0.2) is 0 Å². The number of carbonyl (C=O) groups is 1. The molecule has 1 heterocycles. The molecule has 2 N–H and O–H groups in total. The zero-order valence-corrected chi connectivity index (χ0v) is 13.6. The highest BCUT2D eigenvalue weighted by Crippen LogP contribution is 2.21. The van der Waals surface area contributed by atoms with Gasteiger partial charge in [0.25, 0.3) is 0 Å². The van der Waals surface area contributed by atoms with Crippen molar-refractivity contribution in [2.45, 2.75) is 44.6 Å². The molecule has 0 bridgehead atoms. The largest absolute Gasteiger partial charge is 0.356 e. The summed E-state index contributed by atoms with van der Waals surface area (Å²) in [4.78, 5) is 11.8. The van der Waals surface area contributed by atoms with E-state index in [2.05, 4.69) is 10.6 Å². The summed E-state index contributed by atoms with van der Waals surface area (Å²) >= 11 is 12.0. The van der Waals surface area contributed by atoms with Crippen LogP contribution in [0.5, 0.6) is 0 Å². The standard InChI is InChI=1S/C16H22Cl2N2O/c17-13-5-4-12(15(18)11-13)8-10-20-16(21)7-6-14-3-1-2-9-19-14/h4-5,11,14,19H,1-3,6-10H2,(H,20,21). The molecule has 21 heavy (non-hydrogen) atoms. The summed E-state index contributed by atoms with van der Waals surface area (Å²) in [5.41, 5.74) is 1.01. The first-order valence-electron chi connectivity index (χ1n) is 7.59. The molecule has 1 saturated heterocycles. The van der Waals surface area contributed by atoms with Crippen molar-refractivity contribution in [3.63, 3.8) is 0 Å². The lowest BCUT2D eigenvalue weighted by atomic mass is 10.0. The number of piperidine rings is 1. The van der Waals surface area contributed by atoms with E-state index in [9.17, 15) is 4.79 Å². The molecule has 0 radical (unpaired) electrons. The first-order chi connectivity index (χ1) is 10.1. The molecule has 0 saturated carbocycles. The van der Waals surface area contributed by atoms with Crippen molar-refractivity contribution in [1.82, 2.24) is 10.6 Å². The molecule has 0 aromatic heterocycles. The Morgan fingerprint density at radius 1 is 1.33 bits per heavy atom. The molecule has 1 aliphatic rings. The zero-order valence-electron chi connectivity index (χ0n) is 12.1. The summed E-state index contributed by atoms with van der Waals surface area (Å²) in [7, 11) is 0. The lowest BCUT2D eigenvalue weighted by Gasteiger charge is -2.23. The molecule has 1 atom stereocenters. The maximum Gasteiger partial charge on any atom is 0.220 e. The summed E-state index contributed by atoms with van der Waals surface area (Å²) in [5, 5.41) is 7.70. The lowest BCUT2D eigenvalue weighted by Crippen LogP contribution is -2.35. The topological polar surface area (TPSA) is 41.1 Å². The molecule has 0 spiro atoms. The Bertz CT molecular complexity index is 473. The van der Waals surface area contributed by atoms with Crippen LogP contribution in [-0.4, -0.2) is 25.0 Å². The van der Waals surface area contributed by atoms with Crippen molar-refractivity contribution in [2.24, 2.45) is 0 Å². The first kappa shape index (κ1) is 16.6. The normalized spacial score (nSPS) is 18.5. The average molecular weight is 329 g/mol. The van der Waals surface area contributed by atoms with E-state index in [1.807, 2.05) is 12.1 Å². The number of amides is 1. The highest BCUT2D eigenvalue weighted by atomic mass is 35.5.